The van der Waals surface area contributed by atoms with Gasteiger partial charge in [-0.25, -0.2) is 0 Å². The van der Waals surface area contributed by atoms with Gasteiger partial charge in [-0.15, -0.1) is 6.58 Å². The molecule has 0 spiro atoms. The summed E-state index contributed by atoms with van der Waals surface area (Å²) in [5.74, 6) is 1.92. The van der Waals surface area contributed by atoms with Crippen LogP contribution < -0.4 is 4.74 Å². The second-order valence-electron chi connectivity index (χ2n) is 9.25. The molecule has 1 N–H and O–H groups in total. The first kappa shape index (κ1) is 20.2. The van der Waals surface area contributed by atoms with Gasteiger partial charge in [-0.2, -0.15) is 0 Å². The predicted octanol–water partition coefficient (Wildman–Crippen LogP) is 4.89. The van der Waals surface area contributed by atoms with Crippen LogP contribution in [-0.4, -0.2) is 40.8 Å². The van der Waals surface area contributed by atoms with Crippen molar-refractivity contribution in [1.82, 2.24) is 4.98 Å². The van der Waals surface area contributed by atoms with Crippen LogP contribution in [0.25, 0.3) is 10.9 Å². The van der Waals surface area contributed by atoms with Crippen LogP contribution in [0.1, 0.15) is 30.1 Å². The third-order valence-corrected chi connectivity index (χ3v) is 7.68. The van der Waals surface area contributed by atoms with E-state index in [0.717, 1.165) is 52.8 Å². The number of hydrogen-bond donors (Lipinski definition) is 1. The minimum absolute atomic E-state index is 0.159. The van der Waals surface area contributed by atoms with Crippen molar-refractivity contribution >= 4 is 10.9 Å². The molecule has 3 aliphatic rings. The van der Waals surface area contributed by atoms with E-state index in [1.807, 2.05) is 30.5 Å². The van der Waals surface area contributed by atoms with Gasteiger partial charge in [0.2, 0.25) is 0 Å². The van der Waals surface area contributed by atoms with Crippen LogP contribution in [0.5, 0.6) is 5.75 Å². The number of rotatable bonds is 6. The molecule has 0 aliphatic carbocycles. The van der Waals surface area contributed by atoms with Gasteiger partial charge in [-0.05, 0) is 35.7 Å². The Labute approximate surface area is 184 Å². The van der Waals surface area contributed by atoms with Crippen LogP contribution in [0.4, 0.5) is 0 Å². The van der Waals surface area contributed by atoms with E-state index in [-0.39, 0.29) is 6.04 Å². The molecule has 0 radical (unpaired) electrons. The summed E-state index contributed by atoms with van der Waals surface area (Å²) in [5.41, 5.74) is 3.19. The highest BCUT2D eigenvalue weighted by Crippen LogP contribution is 2.48. The summed E-state index contributed by atoms with van der Waals surface area (Å²) in [4.78, 5) is 4.52. The average molecular weight is 416 g/mol. The lowest BCUT2D eigenvalue weighted by atomic mass is 9.71. The molecule has 4 heterocycles. The number of aliphatic hydroxyl groups is 1. The van der Waals surface area contributed by atoms with Gasteiger partial charge >= 0.3 is 0 Å². The molecule has 3 fully saturated rings. The van der Waals surface area contributed by atoms with E-state index in [1.54, 1.807) is 7.11 Å². The molecule has 160 valence electrons. The van der Waals surface area contributed by atoms with Gasteiger partial charge in [0.25, 0.3) is 0 Å². The third-order valence-electron chi connectivity index (χ3n) is 7.68. The van der Waals surface area contributed by atoms with Crippen molar-refractivity contribution in [2.75, 3.05) is 20.2 Å². The molecule has 4 heteroatoms. The van der Waals surface area contributed by atoms with E-state index in [2.05, 4.69) is 48.0 Å². The van der Waals surface area contributed by atoms with Gasteiger partial charge in [0.1, 0.15) is 24.4 Å². The topological polar surface area (TPSA) is 42.4 Å². The van der Waals surface area contributed by atoms with E-state index < -0.39 is 6.10 Å². The van der Waals surface area contributed by atoms with Crippen LogP contribution >= 0.6 is 0 Å². The molecule has 4 nitrogen and oxygen atoms in total. The van der Waals surface area contributed by atoms with Gasteiger partial charge in [0, 0.05) is 35.9 Å². The first-order valence-electron chi connectivity index (χ1n) is 11.3. The first-order valence-corrected chi connectivity index (χ1v) is 11.3. The fourth-order valence-electron chi connectivity index (χ4n) is 6.07. The van der Waals surface area contributed by atoms with E-state index in [9.17, 15) is 5.11 Å². The number of piperidine rings is 3. The van der Waals surface area contributed by atoms with Crippen LogP contribution in [0, 0.1) is 11.8 Å². The standard InChI is InChI=1S/C27H31N2O2/c1-3-20-18-29(17-19-7-5-4-6-8-19)14-12-21(20)15-26(29)27(30)23-11-13-28-25-10-9-22(31-2)16-24(23)25/h3-11,13,16,20-21,26-27,30H,1,12,14-15,17-18H2,2H3/q+1/t20?,21?,26-,27-,29?/m1/s1. The Kier molecular flexibility index (Phi) is 5.28. The maximum absolute atomic E-state index is 11.8. The Morgan fingerprint density at radius 2 is 2.06 bits per heavy atom. The largest absolute Gasteiger partial charge is 0.497 e. The number of hydrogen-bond acceptors (Lipinski definition) is 3. The molecule has 3 aromatic rings. The normalized spacial score (nSPS) is 28.4. The highest BCUT2D eigenvalue weighted by molar-refractivity contribution is 5.83. The Morgan fingerprint density at radius 3 is 2.84 bits per heavy atom. The number of aromatic nitrogens is 1. The van der Waals surface area contributed by atoms with Crippen LogP contribution in [-0.2, 0) is 6.54 Å². The van der Waals surface area contributed by atoms with Crippen molar-refractivity contribution in [2.24, 2.45) is 11.8 Å². The van der Waals surface area contributed by atoms with Crippen molar-refractivity contribution in [3.63, 3.8) is 0 Å². The zero-order valence-electron chi connectivity index (χ0n) is 18.2. The van der Waals surface area contributed by atoms with Gasteiger partial charge < -0.3 is 14.3 Å². The molecule has 3 saturated heterocycles. The summed E-state index contributed by atoms with van der Waals surface area (Å²) >= 11 is 0. The number of aliphatic hydroxyl groups excluding tert-OH is 1. The predicted molar refractivity (Wildman–Crippen MR) is 124 cm³/mol. The summed E-state index contributed by atoms with van der Waals surface area (Å²) in [5, 5.41) is 12.8. The molecule has 5 atom stereocenters. The molecule has 3 unspecified atom stereocenters. The quantitative estimate of drug-likeness (QED) is 0.460. The number of quaternary nitrogens is 1. The summed E-state index contributed by atoms with van der Waals surface area (Å²) < 4.78 is 6.38. The molecule has 0 saturated carbocycles. The number of nitrogens with zero attached hydrogens (tertiary/aromatic N) is 2. The minimum atomic E-state index is -0.546. The highest BCUT2D eigenvalue weighted by atomic mass is 16.5. The molecule has 2 bridgehead atoms. The van der Waals surface area contributed by atoms with Gasteiger partial charge in [0.05, 0.1) is 25.7 Å². The van der Waals surface area contributed by atoms with E-state index in [1.165, 1.54) is 12.0 Å². The molecule has 31 heavy (non-hydrogen) atoms. The van der Waals surface area contributed by atoms with Crippen molar-refractivity contribution in [2.45, 2.75) is 31.5 Å². The summed E-state index contributed by atoms with van der Waals surface area (Å²) in [7, 11) is 1.68. The molecule has 3 aliphatic heterocycles. The minimum Gasteiger partial charge on any atom is -0.497 e. The van der Waals surface area contributed by atoms with Gasteiger partial charge in [-0.1, -0.05) is 36.4 Å². The summed E-state index contributed by atoms with van der Waals surface area (Å²) in [6.45, 7) is 7.25. The van der Waals surface area contributed by atoms with Crippen molar-refractivity contribution in [1.29, 1.82) is 0 Å². The smallest absolute Gasteiger partial charge is 0.131 e. The lowest BCUT2D eigenvalue weighted by Gasteiger charge is -2.58. The fraction of sp³-hybridized carbons (Fsp3) is 0.370. The third kappa shape index (κ3) is 3.54. The van der Waals surface area contributed by atoms with Crippen LogP contribution in [0.15, 0.2) is 73.4 Å². The maximum Gasteiger partial charge on any atom is 0.131 e. The molecule has 1 aromatic heterocycles. The van der Waals surface area contributed by atoms with Crippen molar-refractivity contribution in [3.8, 4) is 5.75 Å². The maximum atomic E-state index is 11.8. The molecule has 2 aromatic carbocycles. The highest BCUT2D eigenvalue weighted by Gasteiger charge is 2.53. The number of benzene rings is 2. The molecular formula is C27H31N2O2+. The van der Waals surface area contributed by atoms with Gasteiger partial charge in [0.15, 0.2) is 0 Å². The SMILES string of the molecule is C=CC1C[N+]2(Cc3ccccc3)CCC1C[C@@H]2[C@H](O)c1ccnc2ccc(OC)cc12. The number of ether oxygens (including phenoxy) is 1. The summed E-state index contributed by atoms with van der Waals surface area (Å²) in [6, 6.07) is 18.8. The van der Waals surface area contributed by atoms with Crippen molar-refractivity contribution in [3.05, 3.63) is 84.6 Å². The second kappa shape index (κ2) is 8.10. The number of methoxy groups -OCH3 is 1. The average Bonchev–Trinajstić information content (AvgIpc) is 2.83. The fourth-order valence-corrected chi connectivity index (χ4v) is 6.07. The second-order valence-corrected chi connectivity index (χ2v) is 9.25. The lowest BCUT2D eigenvalue weighted by Crippen LogP contribution is -2.67. The van der Waals surface area contributed by atoms with Crippen molar-refractivity contribution < 1.29 is 14.3 Å². The number of fused-ring (bicyclic) bond motifs is 4. The van der Waals surface area contributed by atoms with E-state index >= 15 is 0 Å². The Morgan fingerprint density at radius 1 is 1.23 bits per heavy atom. The lowest BCUT2D eigenvalue weighted by molar-refractivity contribution is -0.984. The van der Waals surface area contributed by atoms with Crippen LogP contribution in [0.3, 0.4) is 0 Å². The Bertz CT molecular complexity index is 1080. The van der Waals surface area contributed by atoms with E-state index in [4.69, 9.17) is 4.74 Å². The Balaban J connectivity index is 1.56. The van der Waals surface area contributed by atoms with Gasteiger partial charge in [-0.3, -0.25) is 4.98 Å². The van der Waals surface area contributed by atoms with Crippen LogP contribution in [0.2, 0.25) is 0 Å². The summed E-state index contributed by atoms with van der Waals surface area (Å²) in [6.07, 6.45) is 5.65. The zero-order valence-corrected chi connectivity index (χ0v) is 18.2. The zero-order chi connectivity index (χ0) is 21.4. The molecule has 0 amide bonds. The molecular weight excluding hydrogens is 384 g/mol. The Hall–Kier alpha value is -2.69. The monoisotopic (exact) mass is 415 g/mol. The molecule has 6 rings (SSSR count). The first-order chi connectivity index (χ1) is 15.1. The van der Waals surface area contributed by atoms with E-state index in [0.29, 0.717) is 11.8 Å². The number of pyridine rings is 1.